The van der Waals surface area contributed by atoms with Gasteiger partial charge in [-0.1, -0.05) is 12.8 Å². The molecular weight excluding hydrogens is 188 g/mol. The van der Waals surface area contributed by atoms with Crippen molar-refractivity contribution in [1.82, 2.24) is 9.97 Å². The van der Waals surface area contributed by atoms with Gasteiger partial charge in [0.1, 0.15) is 12.4 Å². The lowest BCUT2D eigenvalue weighted by molar-refractivity contribution is 0.251. The average molecular weight is 206 g/mol. The summed E-state index contributed by atoms with van der Waals surface area (Å²) in [6.07, 6.45) is 9.14. The molecular formula is C12H18N2O. The molecule has 0 aliphatic heterocycles. The quantitative estimate of drug-likeness (QED) is 0.738. The summed E-state index contributed by atoms with van der Waals surface area (Å²) in [5.74, 6) is 0.745. The van der Waals surface area contributed by atoms with Gasteiger partial charge in [-0.3, -0.25) is 0 Å². The molecule has 2 aliphatic carbocycles. The lowest BCUT2D eigenvalue weighted by atomic mass is 9.73. The van der Waals surface area contributed by atoms with Crippen molar-refractivity contribution in [1.29, 1.82) is 0 Å². The van der Waals surface area contributed by atoms with Gasteiger partial charge in [-0.2, -0.15) is 0 Å². The van der Waals surface area contributed by atoms with Crippen LogP contribution < -0.4 is 0 Å². The van der Waals surface area contributed by atoms with Crippen LogP contribution in [0.5, 0.6) is 0 Å². The fourth-order valence-electron chi connectivity index (χ4n) is 3.33. The van der Waals surface area contributed by atoms with Gasteiger partial charge in [0.2, 0.25) is 0 Å². The van der Waals surface area contributed by atoms with E-state index in [9.17, 15) is 0 Å². The first-order chi connectivity index (χ1) is 7.31. The van der Waals surface area contributed by atoms with E-state index in [0.29, 0.717) is 5.41 Å². The number of aryl methyl sites for hydroxylation is 1. The van der Waals surface area contributed by atoms with Crippen molar-refractivity contribution in [2.45, 2.75) is 51.6 Å². The molecule has 1 aromatic heterocycles. The van der Waals surface area contributed by atoms with E-state index in [1.165, 1.54) is 43.5 Å². The minimum Gasteiger partial charge on any atom is -0.388 e. The lowest BCUT2D eigenvalue weighted by Gasteiger charge is -2.32. The van der Waals surface area contributed by atoms with Crippen LogP contribution in [0.4, 0.5) is 0 Å². The predicted octanol–water partition coefficient (Wildman–Crippen LogP) is 1.95. The largest absolute Gasteiger partial charge is 0.388 e. The van der Waals surface area contributed by atoms with Gasteiger partial charge in [-0.15, -0.1) is 0 Å². The van der Waals surface area contributed by atoms with Crippen LogP contribution in [0, 0.1) is 5.41 Å². The zero-order valence-electron chi connectivity index (χ0n) is 9.05. The summed E-state index contributed by atoms with van der Waals surface area (Å²) >= 11 is 0. The number of H-pyrrole nitrogens is 1. The highest BCUT2D eigenvalue weighted by atomic mass is 16.3. The van der Waals surface area contributed by atoms with Crippen LogP contribution in [-0.4, -0.2) is 15.1 Å². The van der Waals surface area contributed by atoms with Gasteiger partial charge in [0.05, 0.1) is 5.69 Å². The number of hydrogen-bond acceptors (Lipinski definition) is 2. The first-order valence-electron chi connectivity index (χ1n) is 5.99. The third kappa shape index (κ3) is 1.49. The van der Waals surface area contributed by atoms with Gasteiger partial charge in [0.25, 0.3) is 0 Å². The molecule has 15 heavy (non-hydrogen) atoms. The number of nitrogens with zero attached hydrogens (tertiary/aromatic N) is 1. The maximum absolute atomic E-state index is 9.05. The molecule has 1 fully saturated rings. The Bertz CT molecular complexity index is 364. The van der Waals surface area contributed by atoms with Crippen molar-refractivity contribution >= 4 is 0 Å². The fourth-order valence-corrected chi connectivity index (χ4v) is 3.33. The summed E-state index contributed by atoms with van der Waals surface area (Å²) in [5.41, 5.74) is 3.08. The molecule has 0 bridgehead atoms. The molecule has 1 spiro atoms. The molecule has 0 unspecified atom stereocenters. The molecule has 3 heteroatoms. The van der Waals surface area contributed by atoms with Gasteiger partial charge < -0.3 is 10.1 Å². The monoisotopic (exact) mass is 206 g/mol. The molecule has 1 aromatic rings. The van der Waals surface area contributed by atoms with Crippen molar-refractivity contribution in [3.8, 4) is 0 Å². The third-order valence-corrected chi connectivity index (χ3v) is 4.17. The molecule has 3 rings (SSSR count). The highest BCUT2D eigenvalue weighted by Gasteiger charge is 2.38. The second-order valence-corrected chi connectivity index (χ2v) is 5.15. The number of imidazole rings is 1. The molecule has 0 amide bonds. The number of aromatic amines is 1. The number of hydrogen-bond donors (Lipinski definition) is 2. The topological polar surface area (TPSA) is 48.9 Å². The first kappa shape index (κ1) is 9.40. The van der Waals surface area contributed by atoms with E-state index < -0.39 is 0 Å². The second-order valence-electron chi connectivity index (χ2n) is 5.15. The van der Waals surface area contributed by atoms with E-state index in [4.69, 9.17) is 5.11 Å². The Hall–Kier alpha value is -0.830. The van der Waals surface area contributed by atoms with E-state index in [0.717, 1.165) is 18.7 Å². The number of aliphatic hydroxyl groups is 1. The summed E-state index contributed by atoms with van der Waals surface area (Å²) in [7, 11) is 0. The van der Waals surface area contributed by atoms with Crippen LogP contribution in [0.25, 0.3) is 0 Å². The van der Waals surface area contributed by atoms with Crippen molar-refractivity contribution < 1.29 is 5.11 Å². The number of fused-ring (bicyclic) bond motifs is 1. The van der Waals surface area contributed by atoms with Crippen molar-refractivity contribution in [2.75, 3.05) is 0 Å². The second kappa shape index (κ2) is 3.34. The maximum atomic E-state index is 9.05. The minimum atomic E-state index is 0.0417. The zero-order chi connectivity index (χ0) is 10.3. The fraction of sp³-hybridized carbons (Fsp3) is 0.750. The number of nitrogens with one attached hydrogen (secondary N) is 1. The lowest BCUT2D eigenvalue weighted by Crippen LogP contribution is -2.25. The minimum absolute atomic E-state index is 0.0417. The normalized spacial score (nSPS) is 23.3. The van der Waals surface area contributed by atoms with Crippen LogP contribution in [0.3, 0.4) is 0 Å². The predicted molar refractivity (Wildman–Crippen MR) is 57.4 cm³/mol. The van der Waals surface area contributed by atoms with Gasteiger partial charge >= 0.3 is 0 Å². The Kier molecular flexibility index (Phi) is 2.09. The molecule has 2 N–H and O–H groups in total. The summed E-state index contributed by atoms with van der Waals surface area (Å²) in [6, 6.07) is 0. The van der Waals surface area contributed by atoms with Gasteiger partial charge in [0, 0.05) is 5.69 Å². The van der Waals surface area contributed by atoms with E-state index in [1.807, 2.05) is 0 Å². The van der Waals surface area contributed by atoms with Crippen LogP contribution >= 0.6 is 0 Å². The molecule has 0 saturated heterocycles. The third-order valence-electron chi connectivity index (χ3n) is 4.17. The molecule has 1 heterocycles. The molecule has 2 aliphatic rings. The summed E-state index contributed by atoms with van der Waals surface area (Å²) in [5, 5.41) is 9.05. The Morgan fingerprint density at radius 1 is 1.27 bits per heavy atom. The van der Waals surface area contributed by atoms with Crippen LogP contribution in [-0.2, 0) is 19.4 Å². The Labute approximate surface area is 89.9 Å². The summed E-state index contributed by atoms with van der Waals surface area (Å²) in [4.78, 5) is 7.69. The van der Waals surface area contributed by atoms with Crippen LogP contribution in [0.1, 0.15) is 49.3 Å². The Morgan fingerprint density at radius 2 is 2.07 bits per heavy atom. The molecule has 0 atom stereocenters. The summed E-state index contributed by atoms with van der Waals surface area (Å²) in [6.45, 7) is 0.0417. The van der Waals surface area contributed by atoms with Crippen LogP contribution in [0.2, 0.25) is 0 Å². The van der Waals surface area contributed by atoms with Crippen molar-refractivity contribution in [3.63, 3.8) is 0 Å². The summed E-state index contributed by atoms with van der Waals surface area (Å²) < 4.78 is 0. The highest BCUT2D eigenvalue weighted by Crippen LogP contribution is 2.47. The number of aliphatic hydroxyl groups excluding tert-OH is 1. The molecule has 0 aromatic carbocycles. The Morgan fingerprint density at radius 3 is 2.80 bits per heavy atom. The van der Waals surface area contributed by atoms with Crippen molar-refractivity contribution in [3.05, 3.63) is 17.2 Å². The average Bonchev–Trinajstić information content (AvgIpc) is 2.85. The van der Waals surface area contributed by atoms with Gasteiger partial charge in [-0.25, -0.2) is 4.98 Å². The maximum Gasteiger partial charge on any atom is 0.132 e. The van der Waals surface area contributed by atoms with Crippen LogP contribution in [0.15, 0.2) is 0 Å². The standard InChI is InChI=1S/C12H18N2O/c15-8-11-13-9-3-6-12(4-1-2-5-12)7-10(9)14-11/h15H,1-8H2,(H,13,14). The molecule has 3 nitrogen and oxygen atoms in total. The SMILES string of the molecule is OCc1nc2c([nH]1)CC1(CCCC1)CC2. The molecule has 82 valence electrons. The van der Waals surface area contributed by atoms with Gasteiger partial charge in [-0.05, 0) is 37.5 Å². The first-order valence-corrected chi connectivity index (χ1v) is 5.99. The van der Waals surface area contributed by atoms with E-state index >= 15 is 0 Å². The number of aromatic nitrogens is 2. The molecule has 1 saturated carbocycles. The van der Waals surface area contributed by atoms with E-state index in [2.05, 4.69) is 9.97 Å². The van der Waals surface area contributed by atoms with E-state index in [1.54, 1.807) is 0 Å². The smallest absolute Gasteiger partial charge is 0.132 e. The van der Waals surface area contributed by atoms with Crippen molar-refractivity contribution in [2.24, 2.45) is 5.41 Å². The van der Waals surface area contributed by atoms with E-state index in [-0.39, 0.29) is 6.61 Å². The number of rotatable bonds is 1. The molecule has 0 radical (unpaired) electrons. The highest BCUT2D eigenvalue weighted by molar-refractivity contribution is 5.21. The van der Waals surface area contributed by atoms with Gasteiger partial charge in [0.15, 0.2) is 0 Å². The zero-order valence-corrected chi connectivity index (χ0v) is 9.05. The Balaban J connectivity index is 1.88.